The SMILES string of the molecule is F[B-](F)(F)F.F[B-](F)(F)F.F[B-](F)(F)F.F[B-](F)(F)F.F[B-](F)(F)F.F[B-](F)(F)F.N#[N+]c1c(Cl)cccc1Cl. The first-order chi connectivity index (χ1) is 16.8. The molecule has 0 atom stereocenters. The maximum Gasteiger partial charge on any atom is 0.673 e. The molecule has 0 amide bonds. The summed E-state index contributed by atoms with van der Waals surface area (Å²) >= 11 is 11.2. The van der Waals surface area contributed by atoms with E-state index in [0.29, 0.717) is 10.0 Å². The largest absolute Gasteiger partial charge is 0.673 e. The Bertz CT molecular complexity index is 643. The number of hydrogen-bond acceptors (Lipinski definition) is 1. The molecule has 0 radical (unpaired) electrons. The molecule has 0 heterocycles. The van der Waals surface area contributed by atoms with Crippen molar-refractivity contribution in [3.8, 4) is 0 Å². The van der Waals surface area contributed by atoms with Gasteiger partial charge in [0.15, 0.2) is 4.98 Å². The highest BCUT2D eigenvalue weighted by atomic mass is 35.5. The normalized spacial score (nSPS) is 11.2. The van der Waals surface area contributed by atoms with E-state index in [4.69, 9.17) is 28.6 Å². The average Bonchev–Trinajstić information content (AvgIpc) is 2.44. The van der Waals surface area contributed by atoms with E-state index in [2.05, 4.69) is 4.98 Å². The lowest BCUT2D eigenvalue weighted by Gasteiger charge is -1.94. The Morgan fingerprint density at radius 3 is 0.600 bits per heavy atom. The van der Waals surface area contributed by atoms with Crippen LogP contribution in [0.2, 0.25) is 10.0 Å². The molecular weight excluding hydrogens is 692 g/mol. The highest BCUT2D eigenvalue weighted by Gasteiger charge is 2.22. The van der Waals surface area contributed by atoms with E-state index in [1.54, 1.807) is 18.2 Å². The zero-order chi connectivity index (χ0) is 34.6. The molecular formula is C6H3B6Cl2F24N2-5. The van der Waals surface area contributed by atoms with Gasteiger partial charge in [-0.2, -0.15) is 0 Å². The Morgan fingerprint density at radius 2 is 0.525 bits per heavy atom. The van der Waals surface area contributed by atoms with E-state index in [9.17, 15) is 104 Å². The van der Waals surface area contributed by atoms with Crippen LogP contribution in [-0.4, -0.2) is 43.5 Å². The van der Waals surface area contributed by atoms with Gasteiger partial charge >= 0.3 is 49.2 Å². The summed E-state index contributed by atoms with van der Waals surface area (Å²) in [4.78, 5) is 2.91. The summed E-state index contributed by atoms with van der Waals surface area (Å²) in [6.45, 7) is 0. The summed E-state index contributed by atoms with van der Waals surface area (Å²) in [7, 11) is -36.0. The summed E-state index contributed by atoms with van der Waals surface area (Å²) in [5, 5.41) is 9.04. The van der Waals surface area contributed by atoms with E-state index in [0.717, 1.165) is 0 Å². The van der Waals surface area contributed by atoms with Gasteiger partial charge in [0.25, 0.3) is 0 Å². The molecule has 0 saturated carbocycles. The molecule has 0 aliphatic heterocycles. The third-order valence-electron chi connectivity index (χ3n) is 1.04. The molecule has 0 aromatic heterocycles. The van der Waals surface area contributed by atoms with Gasteiger partial charge in [0.2, 0.25) is 5.39 Å². The van der Waals surface area contributed by atoms with Crippen LogP contribution in [0.15, 0.2) is 18.2 Å². The Kier molecular flexibility index (Phi) is 27.5. The highest BCUT2D eigenvalue weighted by molar-refractivity contribution is 6.51. The predicted molar refractivity (Wildman–Crippen MR) is 102 cm³/mol. The van der Waals surface area contributed by atoms with Crippen molar-refractivity contribution in [3.05, 3.63) is 33.2 Å². The second-order valence-electron chi connectivity index (χ2n) is 4.64. The minimum Gasteiger partial charge on any atom is -0.418 e. The van der Waals surface area contributed by atoms with Gasteiger partial charge in [-0.3, -0.25) is 0 Å². The third kappa shape index (κ3) is 226. The summed E-state index contributed by atoms with van der Waals surface area (Å²) < 4.78 is 234. The predicted octanol–water partition coefficient (Wildman–Crippen LogP) is 11.3. The number of diazo groups is 1. The summed E-state index contributed by atoms with van der Waals surface area (Å²) in [5.74, 6) is 0. The first-order valence-electron chi connectivity index (χ1n) is 7.78. The highest BCUT2D eigenvalue weighted by Crippen LogP contribution is 2.32. The topological polar surface area (TPSA) is 28.1 Å². The number of rotatable bonds is 0. The number of nitrogens with zero attached hydrogens (tertiary/aromatic N) is 2. The second-order valence-corrected chi connectivity index (χ2v) is 5.45. The molecule has 1 aromatic carbocycles. The van der Waals surface area contributed by atoms with Crippen molar-refractivity contribution in [2.45, 2.75) is 0 Å². The van der Waals surface area contributed by atoms with E-state index in [1.165, 1.54) is 0 Å². The van der Waals surface area contributed by atoms with E-state index >= 15 is 0 Å². The van der Waals surface area contributed by atoms with Gasteiger partial charge in [0.1, 0.15) is 10.0 Å². The zero-order valence-electron chi connectivity index (χ0n) is 17.4. The Labute approximate surface area is 215 Å². The third-order valence-corrected chi connectivity index (χ3v) is 1.65. The van der Waals surface area contributed by atoms with Crippen molar-refractivity contribution in [1.82, 2.24) is 0 Å². The lowest BCUT2D eigenvalue weighted by molar-refractivity contribution is 0.366. The fourth-order valence-electron chi connectivity index (χ4n) is 0.585. The Morgan fingerprint density at radius 1 is 0.400 bits per heavy atom. The summed E-state index contributed by atoms with van der Waals surface area (Å²) in [6.07, 6.45) is 0. The quantitative estimate of drug-likeness (QED) is 0.151. The molecule has 0 unspecified atom stereocenters. The maximum atomic E-state index is 9.75. The van der Waals surface area contributed by atoms with Crippen LogP contribution in [0.3, 0.4) is 0 Å². The monoisotopic (exact) mass is 695 g/mol. The van der Waals surface area contributed by atoms with Crippen LogP contribution in [0.1, 0.15) is 0 Å². The molecule has 0 N–H and O–H groups in total. The van der Waals surface area contributed by atoms with E-state index in [1.807, 2.05) is 0 Å². The summed E-state index contributed by atoms with van der Waals surface area (Å²) in [5.41, 5.74) is 0.214. The number of hydrogen-bond donors (Lipinski definition) is 0. The van der Waals surface area contributed by atoms with Crippen LogP contribution in [0.5, 0.6) is 0 Å². The zero-order valence-corrected chi connectivity index (χ0v) is 18.9. The Balaban J connectivity index is -0.0000000866. The molecule has 1 rings (SSSR count). The molecule has 0 spiro atoms. The fraction of sp³-hybridized carbons (Fsp3) is 0. The minimum absolute atomic E-state index is 0.214. The van der Waals surface area contributed by atoms with Crippen LogP contribution in [-0.2, 0) is 0 Å². The lowest BCUT2D eigenvalue weighted by atomic mass is 10.3. The van der Waals surface area contributed by atoms with Gasteiger partial charge in [-0.1, -0.05) is 29.3 Å². The van der Waals surface area contributed by atoms with Gasteiger partial charge in [0, 0.05) is 0 Å². The van der Waals surface area contributed by atoms with Gasteiger partial charge in [-0.15, -0.1) is 0 Å². The Hall–Kier alpha value is -2.07. The van der Waals surface area contributed by atoms with Crippen LogP contribution in [0.4, 0.5) is 109 Å². The van der Waals surface area contributed by atoms with Crippen LogP contribution in [0, 0.1) is 5.39 Å². The van der Waals surface area contributed by atoms with E-state index < -0.39 is 43.5 Å². The lowest BCUT2D eigenvalue weighted by Crippen LogP contribution is -2.02. The van der Waals surface area contributed by atoms with Crippen LogP contribution >= 0.6 is 23.2 Å². The smallest absolute Gasteiger partial charge is 0.418 e. The molecule has 34 heteroatoms. The van der Waals surface area contributed by atoms with Gasteiger partial charge in [-0.25, -0.2) is 0 Å². The van der Waals surface area contributed by atoms with Crippen molar-refractivity contribution in [1.29, 1.82) is 5.39 Å². The number of benzene rings is 1. The fourth-order valence-corrected chi connectivity index (χ4v) is 1.06. The molecule has 2 nitrogen and oxygen atoms in total. The second kappa shape index (κ2) is 21.6. The van der Waals surface area contributed by atoms with Crippen molar-refractivity contribution in [2.75, 3.05) is 0 Å². The molecule has 242 valence electrons. The first-order valence-corrected chi connectivity index (χ1v) is 8.54. The maximum absolute atomic E-state index is 9.75. The van der Waals surface area contributed by atoms with E-state index in [-0.39, 0.29) is 5.69 Å². The molecule has 1 aromatic rings. The van der Waals surface area contributed by atoms with Gasteiger partial charge in [0.05, 0.1) is 0 Å². The molecule has 0 bridgehead atoms. The molecule has 0 saturated heterocycles. The van der Waals surface area contributed by atoms with Gasteiger partial charge < -0.3 is 104 Å². The van der Waals surface area contributed by atoms with Crippen LogP contribution < -0.4 is 0 Å². The first kappa shape index (κ1) is 50.7. The molecule has 40 heavy (non-hydrogen) atoms. The average molecular weight is 695 g/mol. The van der Waals surface area contributed by atoms with Crippen LogP contribution in [0.25, 0.3) is 4.98 Å². The molecule has 0 aliphatic carbocycles. The van der Waals surface area contributed by atoms with Gasteiger partial charge in [-0.05, 0) is 12.1 Å². The minimum atomic E-state index is -6.00. The standard InChI is InChI=1S/C6H3Cl2N2.6BF4/c7-4-2-1-3-5(8)6(4)10-9;6*2-1(3,4)5/h1-3H;;;;;;/q+1;6*-1. The summed E-state index contributed by atoms with van der Waals surface area (Å²) in [6, 6.07) is 4.88. The molecule has 0 aliphatic rings. The van der Waals surface area contributed by atoms with Crippen molar-refractivity contribution >= 4 is 72.4 Å². The van der Waals surface area contributed by atoms with Crippen molar-refractivity contribution in [2.24, 2.45) is 0 Å². The number of halogens is 26. The molecule has 0 fully saturated rings. The van der Waals surface area contributed by atoms with Crippen molar-refractivity contribution in [3.63, 3.8) is 0 Å². The van der Waals surface area contributed by atoms with Crippen molar-refractivity contribution < 1.29 is 104 Å².